The number of alkyl halides is 4. The lowest BCUT2D eigenvalue weighted by atomic mass is 10.1. The van der Waals surface area contributed by atoms with Gasteiger partial charge in [-0.2, -0.15) is 22.7 Å². The van der Waals surface area contributed by atoms with Gasteiger partial charge < -0.3 is 9.47 Å². The summed E-state index contributed by atoms with van der Waals surface area (Å²) in [5.74, 6) is -0.382. The van der Waals surface area contributed by atoms with Crippen LogP contribution in [0.5, 0.6) is 11.5 Å². The average molecular weight is 460 g/mol. The molecule has 33 heavy (non-hydrogen) atoms. The number of nitrogens with zero attached hydrogens (tertiary/aromatic N) is 2. The zero-order valence-corrected chi connectivity index (χ0v) is 17.0. The van der Waals surface area contributed by atoms with Gasteiger partial charge in [-0.25, -0.2) is 4.39 Å². The van der Waals surface area contributed by atoms with E-state index in [4.69, 9.17) is 0 Å². The zero-order chi connectivity index (χ0) is 23.4. The van der Waals surface area contributed by atoms with Crippen molar-refractivity contribution in [2.75, 3.05) is 0 Å². The lowest BCUT2D eigenvalue weighted by Crippen LogP contribution is -2.06. The van der Waals surface area contributed by atoms with E-state index in [1.807, 2.05) is 0 Å². The second-order valence-electron chi connectivity index (χ2n) is 6.97. The van der Waals surface area contributed by atoms with Crippen molar-refractivity contribution in [1.29, 1.82) is 0 Å². The first-order chi connectivity index (χ1) is 15.9. The van der Waals surface area contributed by atoms with Crippen molar-refractivity contribution >= 4 is 0 Å². The highest BCUT2D eigenvalue weighted by molar-refractivity contribution is 5.69. The Morgan fingerprint density at radius 2 is 1.27 bits per heavy atom. The van der Waals surface area contributed by atoms with Crippen LogP contribution in [0.3, 0.4) is 0 Å². The van der Waals surface area contributed by atoms with E-state index in [-0.39, 0.29) is 18.0 Å². The van der Waals surface area contributed by atoms with Crippen LogP contribution in [0.4, 0.5) is 22.0 Å². The van der Waals surface area contributed by atoms with Crippen molar-refractivity contribution in [3.8, 4) is 34.0 Å². The maximum atomic E-state index is 14.3. The molecule has 4 aromatic rings. The summed E-state index contributed by atoms with van der Waals surface area (Å²) in [5, 5.41) is 4.56. The van der Waals surface area contributed by atoms with Crippen LogP contribution in [0.2, 0.25) is 0 Å². The van der Waals surface area contributed by atoms with E-state index in [0.717, 1.165) is 0 Å². The summed E-state index contributed by atoms with van der Waals surface area (Å²) in [4.78, 5) is 0. The molecule has 4 nitrogen and oxygen atoms in total. The van der Waals surface area contributed by atoms with E-state index >= 15 is 0 Å². The van der Waals surface area contributed by atoms with E-state index in [9.17, 15) is 22.0 Å². The predicted molar refractivity (Wildman–Crippen MR) is 112 cm³/mol. The molecular formula is C24H17F5N2O2. The van der Waals surface area contributed by atoms with Gasteiger partial charge in [0.25, 0.3) is 0 Å². The summed E-state index contributed by atoms with van der Waals surface area (Å²) in [5.41, 5.74) is 2.79. The minimum atomic E-state index is -2.94. The SMILES string of the molecule is Fc1ccccc1Cn1nc(-c2ccc(OC(F)F)cc2)cc1-c1ccc(OC(F)F)cc1. The Morgan fingerprint density at radius 1 is 0.727 bits per heavy atom. The first-order valence-corrected chi connectivity index (χ1v) is 9.81. The lowest BCUT2D eigenvalue weighted by Gasteiger charge is -2.10. The van der Waals surface area contributed by atoms with Crippen LogP contribution >= 0.6 is 0 Å². The van der Waals surface area contributed by atoms with Crippen LogP contribution in [-0.2, 0) is 6.54 Å². The predicted octanol–water partition coefficient (Wildman–Crippen LogP) is 6.61. The molecule has 0 saturated heterocycles. The fourth-order valence-electron chi connectivity index (χ4n) is 3.31. The summed E-state index contributed by atoms with van der Waals surface area (Å²) in [6.45, 7) is -5.75. The molecule has 0 spiro atoms. The largest absolute Gasteiger partial charge is 0.435 e. The van der Waals surface area contributed by atoms with Crippen LogP contribution in [0.25, 0.3) is 22.5 Å². The molecule has 0 unspecified atom stereocenters. The topological polar surface area (TPSA) is 36.3 Å². The number of hydrogen-bond donors (Lipinski definition) is 0. The molecule has 4 rings (SSSR count). The molecule has 0 aliphatic heterocycles. The van der Waals surface area contributed by atoms with Crippen LogP contribution in [-0.4, -0.2) is 23.0 Å². The van der Waals surface area contributed by atoms with Gasteiger partial charge in [-0.3, -0.25) is 4.68 Å². The normalized spacial score (nSPS) is 11.2. The van der Waals surface area contributed by atoms with Gasteiger partial charge in [0.1, 0.15) is 17.3 Å². The second-order valence-corrected chi connectivity index (χ2v) is 6.97. The summed E-state index contributed by atoms with van der Waals surface area (Å²) >= 11 is 0. The molecule has 0 N–H and O–H groups in total. The fraction of sp³-hybridized carbons (Fsp3) is 0.125. The van der Waals surface area contributed by atoms with Crippen molar-refractivity contribution in [2.45, 2.75) is 19.8 Å². The molecule has 0 amide bonds. The Labute approximate surface area is 185 Å². The van der Waals surface area contributed by atoms with Gasteiger partial charge in [0.15, 0.2) is 0 Å². The van der Waals surface area contributed by atoms with Gasteiger partial charge in [0.05, 0.1) is 17.9 Å². The van der Waals surface area contributed by atoms with Gasteiger partial charge in [-0.1, -0.05) is 18.2 Å². The van der Waals surface area contributed by atoms with Crippen LogP contribution < -0.4 is 9.47 Å². The van der Waals surface area contributed by atoms with E-state index in [2.05, 4.69) is 14.6 Å². The number of hydrogen-bond acceptors (Lipinski definition) is 3. The quantitative estimate of drug-likeness (QED) is 0.278. The first-order valence-electron chi connectivity index (χ1n) is 9.81. The highest BCUT2D eigenvalue weighted by Crippen LogP contribution is 2.30. The minimum absolute atomic E-state index is 0.00348. The Hall–Kier alpha value is -3.88. The Kier molecular flexibility index (Phi) is 6.58. The van der Waals surface area contributed by atoms with Gasteiger partial charge >= 0.3 is 13.2 Å². The average Bonchev–Trinajstić information content (AvgIpc) is 3.19. The summed E-state index contributed by atoms with van der Waals surface area (Å²) < 4.78 is 74.3. The number of aromatic nitrogens is 2. The monoisotopic (exact) mass is 460 g/mol. The first kappa shape index (κ1) is 22.3. The summed E-state index contributed by atoms with van der Waals surface area (Å²) in [6.07, 6.45) is 0. The molecule has 0 atom stereocenters. The Morgan fingerprint density at radius 3 is 1.82 bits per heavy atom. The van der Waals surface area contributed by atoms with Gasteiger partial charge in [0.2, 0.25) is 0 Å². The highest BCUT2D eigenvalue weighted by Gasteiger charge is 2.15. The number of halogens is 5. The van der Waals surface area contributed by atoms with Crippen molar-refractivity contribution in [3.63, 3.8) is 0 Å². The molecular weight excluding hydrogens is 443 g/mol. The molecule has 0 fully saturated rings. The van der Waals surface area contributed by atoms with E-state index < -0.39 is 19.0 Å². The molecule has 0 aliphatic rings. The smallest absolute Gasteiger partial charge is 0.387 e. The molecule has 0 aliphatic carbocycles. The Balaban J connectivity index is 1.70. The van der Waals surface area contributed by atoms with Crippen LogP contribution in [0.1, 0.15) is 5.56 Å². The van der Waals surface area contributed by atoms with Gasteiger partial charge in [0, 0.05) is 16.7 Å². The van der Waals surface area contributed by atoms with Crippen molar-refractivity contribution in [2.24, 2.45) is 0 Å². The van der Waals surface area contributed by atoms with E-state index in [1.165, 1.54) is 30.3 Å². The minimum Gasteiger partial charge on any atom is -0.435 e. The maximum Gasteiger partial charge on any atom is 0.387 e. The van der Waals surface area contributed by atoms with Gasteiger partial charge in [-0.05, 0) is 60.7 Å². The highest BCUT2D eigenvalue weighted by atomic mass is 19.3. The summed E-state index contributed by atoms with van der Waals surface area (Å²) in [7, 11) is 0. The molecule has 170 valence electrons. The zero-order valence-electron chi connectivity index (χ0n) is 17.0. The molecule has 1 heterocycles. The molecule has 0 bridgehead atoms. The molecule has 3 aromatic carbocycles. The lowest BCUT2D eigenvalue weighted by molar-refractivity contribution is -0.0505. The van der Waals surface area contributed by atoms with Crippen LogP contribution in [0, 0.1) is 5.82 Å². The van der Waals surface area contributed by atoms with Gasteiger partial charge in [-0.15, -0.1) is 0 Å². The third kappa shape index (κ3) is 5.49. The molecule has 9 heteroatoms. The standard InChI is InChI=1S/C24H17F5N2O2/c25-20-4-2-1-3-17(20)14-31-22(16-7-11-19(12-8-16)33-24(28)29)13-21(30-31)15-5-9-18(10-6-15)32-23(26)27/h1-13,23-24H,14H2. The fourth-order valence-corrected chi connectivity index (χ4v) is 3.31. The second kappa shape index (κ2) is 9.72. The summed E-state index contributed by atoms with van der Waals surface area (Å²) in [6, 6.07) is 20.0. The van der Waals surface area contributed by atoms with E-state index in [0.29, 0.717) is 28.1 Å². The van der Waals surface area contributed by atoms with Crippen LogP contribution in [0.15, 0.2) is 78.9 Å². The Bertz CT molecular complexity index is 1210. The molecule has 0 radical (unpaired) electrons. The molecule has 1 aromatic heterocycles. The third-order valence-corrected chi connectivity index (χ3v) is 4.81. The van der Waals surface area contributed by atoms with E-state index in [1.54, 1.807) is 53.2 Å². The number of benzene rings is 3. The van der Waals surface area contributed by atoms with Crippen molar-refractivity contribution in [1.82, 2.24) is 9.78 Å². The number of rotatable bonds is 8. The van der Waals surface area contributed by atoms with Crippen molar-refractivity contribution < 1.29 is 31.4 Å². The van der Waals surface area contributed by atoms with Crippen molar-refractivity contribution in [3.05, 3.63) is 90.2 Å². The molecule has 0 saturated carbocycles. The maximum absolute atomic E-state index is 14.3. The number of ether oxygens (including phenoxy) is 2. The third-order valence-electron chi connectivity index (χ3n) is 4.81.